The lowest BCUT2D eigenvalue weighted by molar-refractivity contribution is 0.727. The predicted molar refractivity (Wildman–Crippen MR) is 68.1 cm³/mol. The fraction of sp³-hybridized carbons (Fsp3) is 0.538. The smallest absolute Gasteiger partial charge is 0.0155 e. The minimum atomic E-state index is 0.411. The van der Waals surface area contributed by atoms with Gasteiger partial charge in [0.05, 0.1) is 0 Å². The highest BCUT2D eigenvalue weighted by Gasteiger charge is 2.13. The Balaban J connectivity index is 2.89. The molecule has 0 bridgehead atoms. The van der Waals surface area contributed by atoms with E-state index in [1.54, 1.807) is 0 Å². The maximum atomic E-state index is 2.32. The Hall–Kier alpha value is -0.563. The Kier molecular flexibility index (Phi) is 3.54. The maximum absolute atomic E-state index is 2.32. The summed E-state index contributed by atoms with van der Waals surface area (Å²) in [6.07, 6.45) is 1.23. The highest BCUT2D eigenvalue weighted by molar-refractivity contribution is 6.15. The fourth-order valence-electron chi connectivity index (χ4n) is 1.55. The summed E-state index contributed by atoms with van der Waals surface area (Å²) in [5.74, 6) is 0.696. The van der Waals surface area contributed by atoms with Crippen LogP contribution >= 0.6 is 0 Å². The molecular formula is C13H22Si. The Bertz CT molecular complexity index is 279. The lowest BCUT2D eigenvalue weighted by Gasteiger charge is -2.20. The van der Waals surface area contributed by atoms with E-state index in [0.29, 0.717) is 11.0 Å². The molecule has 0 heterocycles. The molecule has 0 radical (unpaired) electrons. The standard InChI is InChI=1S/C13H22Si/c1-5-10(2)11-6-8-12(9-7-11)13(3,4)14/h6-10H,5H2,1-4,14H3. The van der Waals surface area contributed by atoms with Gasteiger partial charge < -0.3 is 0 Å². The SMILES string of the molecule is CCC(C)c1ccc(C(C)(C)[SiH3])cc1. The van der Waals surface area contributed by atoms with Crippen molar-refractivity contribution < 1.29 is 0 Å². The Morgan fingerprint density at radius 2 is 1.71 bits per heavy atom. The summed E-state index contributed by atoms with van der Waals surface area (Å²) in [7, 11) is 1.21. The van der Waals surface area contributed by atoms with E-state index in [4.69, 9.17) is 0 Å². The van der Waals surface area contributed by atoms with Crippen molar-refractivity contribution in [3.63, 3.8) is 0 Å². The fourth-order valence-corrected chi connectivity index (χ4v) is 1.88. The van der Waals surface area contributed by atoms with Crippen LogP contribution in [0, 0.1) is 0 Å². The summed E-state index contributed by atoms with van der Waals surface area (Å²) in [6, 6.07) is 9.19. The van der Waals surface area contributed by atoms with Gasteiger partial charge in [-0.05, 0) is 28.5 Å². The van der Waals surface area contributed by atoms with Crippen LogP contribution in [0.25, 0.3) is 0 Å². The number of benzene rings is 1. The maximum Gasteiger partial charge on any atom is 0.0155 e. The monoisotopic (exact) mass is 206 g/mol. The molecule has 0 aliphatic carbocycles. The van der Waals surface area contributed by atoms with Crippen molar-refractivity contribution in [3.05, 3.63) is 35.4 Å². The Morgan fingerprint density at radius 3 is 2.07 bits per heavy atom. The van der Waals surface area contributed by atoms with Gasteiger partial charge in [-0.1, -0.05) is 52.0 Å². The first-order chi connectivity index (χ1) is 6.45. The third kappa shape index (κ3) is 2.71. The molecule has 0 aliphatic heterocycles. The van der Waals surface area contributed by atoms with Crippen molar-refractivity contribution in [2.45, 2.75) is 45.1 Å². The highest BCUT2D eigenvalue weighted by atomic mass is 28.1. The van der Waals surface area contributed by atoms with E-state index < -0.39 is 0 Å². The van der Waals surface area contributed by atoms with Crippen LogP contribution in [-0.2, 0) is 5.04 Å². The summed E-state index contributed by atoms with van der Waals surface area (Å²) < 4.78 is 0. The molecule has 1 atom stereocenters. The average molecular weight is 206 g/mol. The predicted octanol–water partition coefficient (Wildman–Crippen LogP) is 2.80. The van der Waals surface area contributed by atoms with Crippen LogP contribution < -0.4 is 0 Å². The largest absolute Gasteiger partial charge is 0.0648 e. The summed E-state index contributed by atoms with van der Waals surface area (Å²) in [6.45, 7) is 9.17. The van der Waals surface area contributed by atoms with Gasteiger partial charge in [0.1, 0.15) is 0 Å². The summed E-state index contributed by atoms with van der Waals surface area (Å²) in [5.41, 5.74) is 2.96. The van der Waals surface area contributed by atoms with Crippen molar-refractivity contribution >= 4 is 10.2 Å². The molecule has 0 saturated carbocycles. The molecule has 1 aromatic rings. The van der Waals surface area contributed by atoms with Gasteiger partial charge in [-0.2, -0.15) is 0 Å². The van der Waals surface area contributed by atoms with Gasteiger partial charge in [0.15, 0.2) is 0 Å². The van der Waals surface area contributed by atoms with Crippen molar-refractivity contribution in [2.24, 2.45) is 0 Å². The van der Waals surface area contributed by atoms with E-state index in [1.807, 2.05) is 0 Å². The van der Waals surface area contributed by atoms with Crippen LogP contribution in [0.1, 0.15) is 51.2 Å². The van der Waals surface area contributed by atoms with Crippen LogP contribution in [0.3, 0.4) is 0 Å². The molecule has 0 aromatic heterocycles. The number of hydrogen-bond donors (Lipinski definition) is 0. The zero-order valence-electron chi connectivity index (χ0n) is 10.1. The molecule has 1 rings (SSSR count). The lowest BCUT2D eigenvalue weighted by Crippen LogP contribution is -2.16. The summed E-state index contributed by atoms with van der Waals surface area (Å²) in [4.78, 5) is 0. The van der Waals surface area contributed by atoms with Crippen LogP contribution in [0.5, 0.6) is 0 Å². The van der Waals surface area contributed by atoms with Gasteiger partial charge in [-0.15, -0.1) is 0 Å². The second-order valence-corrected chi connectivity index (χ2v) is 7.68. The third-order valence-electron chi connectivity index (χ3n) is 2.96. The van der Waals surface area contributed by atoms with Crippen LogP contribution in [0.2, 0.25) is 0 Å². The molecule has 0 nitrogen and oxygen atoms in total. The molecule has 78 valence electrons. The zero-order chi connectivity index (χ0) is 10.8. The van der Waals surface area contributed by atoms with Crippen LogP contribution in [-0.4, -0.2) is 10.2 Å². The topological polar surface area (TPSA) is 0 Å². The Morgan fingerprint density at radius 1 is 1.21 bits per heavy atom. The molecule has 0 N–H and O–H groups in total. The first kappa shape index (κ1) is 11.5. The second-order valence-electron chi connectivity index (χ2n) is 5.18. The van der Waals surface area contributed by atoms with Crippen molar-refractivity contribution in [3.8, 4) is 0 Å². The number of hydrogen-bond acceptors (Lipinski definition) is 0. The minimum absolute atomic E-state index is 0.411. The molecule has 1 heteroatoms. The van der Waals surface area contributed by atoms with E-state index in [-0.39, 0.29) is 0 Å². The molecule has 0 saturated heterocycles. The Labute approximate surface area is 91.2 Å². The van der Waals surface area contributed by atoms with Gasteiger partial charge >= 0.3 is 0 Å². The normalized spacial score (nSPS) is 14.3. The minimum Gasteiger partial charge on any atom is -0.0648 e. The van der Waals surface area contributed by atoms with Gasteiger partial charge in [-0.25, -0.2) is 0 Å². The van der Waals surface area contributed by atoms with Crippen molar-refractivity contribution in [1.82, 2.24) is 0 Å². The molecule has 0 spiro atoms. The van der Waals surface area contributed by atoms with Gasteiger partial charge in [0.25, 0.3) is 0 Å². The summed E-state index contributed by atoms with van der Waals surface area (Å²) >= 11 is 0. The summed E-state index contributed by atoms with van der Waals surface area (Å²) in [5, 5.41) is 0.411. The van der Waals surface area contributed by atoms with Gasteiger partial charge in [0, 0.05) is 10.2 Å². The molecule has 0 fully saturated rings. The van der Waals surface area contributed by atoms with E-state index in [2.05, 4.69) is 52.0 Å². The highest BCUT2D eigenvalue weighted by Crippen LogP contribution is 2.23. The third-order valence-corrected chi connectivity index (χ3v) is 3.54. The molecule has 0 amide bonds. The van der Waals surface area contributed by atoms with Crippen molar-refractivity contribution in [1.29, 1.82) is 0 Å². The quantitative estimate of drug-likeness (QED) is 0.667. The lowest BCUT2D eigenvalue weighted by atomic mass is 9.94. The molecule has 1 aromatic carbocycles. The first-order valence-electron chi connectivity index (χ1n) is 5.55. The van der Waals surface area contributed by atoms with Crippen molar-refractivity contribution in [2.75, 3.05) is 0 Å². The molecule has 1 unspecified atom stereocenters. The molecular weight excluding hydrogens is 184 g/mol. The van der Waals surface area contributed by atoms with Crippen LogP contribution in [0.15, 0.2) is 24.3 Å². The van der Waals surface area contributed by atoms with E-state index >= 15 is 0 Å². The second kappa shape index (κ2) is 4.31. The van der Waals surface area contributed by atoms with E-state index in [0.717, 1.165) is 0 Å². The molecule has 14 heavy (non-hydrogen) atoms. The van der Waals surface area contributed by atoms with Gasteiger partial charge in [0.2, 0.25) is 0 Å². The number of rotatable bonds is 3. The van der Waals surface area contributed by atoms with Gasteiger partial charge in [-0.3, -0.25) is 0 Å². The molecule has 0 aliphatic rings. The zero-order valence-corrected chi connectivity index (χ0v) is 12.1. The first-order valence-corrected chi connectivity index (χ1v) is 6.55. The average Bonchev–Trinajstić information content (AvgIpc) is 2.15. The van der Waals surface area contributed by atoms with E-state index in [9.17, 15) is 0 Å². The van der Waals surface area contributed by atoms with Crippen LogP contribution in [0.4, 0.5) is 0 Å². The van der Waals surface area contributed by atoms with E-state index in [1.165, 1.54) is 27.8 Å².